The number of benzene rings is 1. The van der Waals surface area contributed by atoms with Crippen molar-refractivity contribution in [1.29, 1.82) is 0 Å². The molecule has 2 aromatic heterocycles. The molecular formula is C22H22Cl2N4O2S2. The standard InChI is InChI=1S/C22H22Cl2N4O2S2/c23-18-4-3-15(8-19(18)24)11-28-6-7-30-17(12-28)10-26-21(29)14-32-22-27-20(13-31-22)16-2-1-5-25-9-16/h1-5,8-9,13,17H,6-7,10-12,14H2,(H,26,29). The number of nitrogens with one attached hydrogen (secondary N) is 1. The molecule has 10 heteroatoms. The Balaban J connectivity index is 1.20. The number of morpholine rings is 1. The number of rotatable bonds is 8. The van der Waals surface area contributed by atoms with E-state index in [1.807, 2.05) is 35.7 Å². The second-order valence-corrected chi connectivity index (χ2v) is 10.2. The van der Waals surface area contributed by atoms with Gasteiger partial charge in [-0.3, -0.25) is 14.7 Å². The van der Waals surface area contributed by atoms with Crippen molar-refractivity contribution in [2.24, 2.45) is 0 Å². The molecule has 168 valence electrons. The lowest BCUT2D eigenvalue weighted by molar-refractivity contribution is -0.119. The van der Waals surface area contributed by atoms with Crippen LogP contribution in [0.3, 0.4) is 0 Å². The first-order chi connectivity index (χ1) is 15.6. The van der Waals surface area contributed by atoms with Crippen molar-refractivity contribution in [2.45, 2.75) is 17.0 Å². The Bertz CT molecular complexity index is 1050. The van der Waals surface area contributed by atoms with Gasteiger partial charge in [-0.1, -0.05) is 41.0 Å². The van der Waals surface area contributed by atoms with E-state index in [9.17, 15) is 4.79 Å². The average Bonchev–Trinajstić information content (AvgIpc) is 3.29. The summed E-state index contributed by atoms with van der Waals surface area (Å²) < 4.78 is 6.69. The summed E-state index contributed by atoms with van der Waals surface area (Å²) in [5.41, 5.74) is 2.96. The highest BCUT2D eigenvalue weighted by Crippen LogP contribution is 2.27. The molecule has 0 aliphatic carbocycles. The molecule has 32 heavy (non-hydrogen) atoms. The summed E-state index contributed by atoms with van der Waals surface area (Å²) in [6.45, 7) is 3.46. The number of thioether (sulfide) groups is 1. The fourth-order valence-corrected chi connectivity index (χ4v) is 5.31. The van der Waals surface area contributed by atoms with Crippen LogP contribution in [0.4, 0.5) is 0 Å². The Morgan fingerprint density at radius 2 is 2.22 bits per heavy atom. The molecule has 1 unspecified atom stereocenters. The molecule has 3 aromatic rings. The quantitative estimate of drug-likeness (QED) is 0.447. The maximum Gasteiger partial charge on any atom is 0.230 e. The van der Waals surface area contributed by atoms with Crippen LogP contribution in [-0.4, -0.2) is 58.9 Å². The third-order valence-corrected chi connectivity index (χ3v) is 7.67. The average molecular weight is 509 g/mol. The minimum atomic E-state index is -0.0440. The molecule has 1 aliphatic rings. The second-order valence-electron chi connectivity index (χ2n) is 7.31. The van der Waals surface area contributed by atoms with E-state index in [1.54, 1.807) is 12.4 Å². The van der Waals surface area contributed by atoms with Gasteiger partial charge in [0.05, 0.1) is 34.2 Å². The highest BCUT2D eigenvalue weighted by molar-refractivity contribution is 8.01. The number of pyridine rings is 1. The molecule has 0 bridgehead atoms. The molecule has 6 nitrogen and oxygen atoms in total. The van der Waals surface area contributed by atoms with Crippen molar-refractivity contribution in [2.75, 3.05) is 32.0 Å². The van der Waals surface area contributed by atoms with E-state index >= 15 is 0 Å². The molecule has 1 saturated heterocycles. The monoisotopic (exact) mass is 508 g/mol. The number of carbonyl (C=O) groups excluding carboxylic acids is 1. The largest absolute Gasteiger partial charge is 0.374 e. The van der Waals surface area contributed by atoms with Crippen molar-refractivity contribution in [1.82, 2.24) is 20.2 Å². The number of hydrogen-bond donors (Lipinski definition) is 1. The van der Waals surface area contributed by atoms with Crippen molar-refractivity contribution < 1.29 is 9.53 Å². The number of aromatic nitrogens is 2. The molecule has 0 radical (unpaired) electrons. The molecule has 3 heterocycles. The molecule has 1 aromatic carbocycles. The number of hydrogen-bond acceptors (Lipinski definition) is 7. The Hall–Kier alpha value is -1.68. The summed E-state index contributed by atoms with van der Waals surface area (Å²) in [5, 5.41) is 6.08. The first-order valence-corrected chi connectivity index (χ1v) is 12.7. The summed E-state index contributed by atoms with van der Waals surface area (Å²) in [7, 11) is 0. The highest BCUT2D eigenvalue weighted by atomic mass is 35.5. The lowest BCUT2D eigenvalue weighted by Gasteiger charge is -2.33. The van der Waals surface area contributed by atoms with E-state index < -0.39 is 0 Å². The van der Waals surface area contributed by atoms with Crippen LogP contribution in [0, 0.1) is 0 Å². The first kappa shape index (κ1) is 23.5. The number of nitrogens with zero attached hydrogens (tertiary/aromatic N) is 3. The zero-order valence-corrected chi connectivity index (χ0v) is 20.3. The van der Waals surface area contributed by atoms with Gasteiger partial charge < -0.3 is 10.1 Å². The zero-order valence-electron chi connectivity index (χ0n) is 17.2. The van der Waals surface area contributed by atoms with Gasteiger partial charge in [-0.2, -0.15) is 0 Å². The van der Waals surface area contributed by atoms with E-state index in [2.05, 4.69) is 20.2 Å². The normalized spacial score (nSPS) is 16.8. The van der Waals surface area contributed by atoms with Gasteiger partial charge in [0, 0.05) is 49.5 Å². The van der Waals surface area contributed by atoms with Crippen LogP contribution in [0.5, 0.6) is 0 Å². The predicted molar refractivity (Wildman–Crippen MR) is 131 cm³/mol. The summed E-state index contributed by atoms with van der Waals surface area (Å²) in [6.07, 6.45) is 3.47. The Kier molecular flexibility index (Phi) is 8.40. The number of halogens is 2. The molecule has 4 rings (SSSR count). The van der Waals surface area contributed by atoms with Gasteiger partial charge >= 0.3 is 0 Å². The zero-order chi connectivity index (χ0) is 22.3. The number of carbonyl (C=O) groups is 1. The van der Waals surface area contributed by atoms with Crippen molar-refractivity contribution >= 4 is 52.2 Å². The van der Waals surface area contributed by atoms with E-state index in [1.165, 1.54) is 23.1 Å². The summed E-state index contributed by atoms with van der Waals surface area (Å²) >= 11 is 15.1. The van der Waals surface area contributed by atoms with Crippen molar-refractivity contribution in [3.8, 4) is 11.3 Å². The van der Waals surface area contributed by atoms with Crippen LogP contribution in [0.15, 0.2) is 52.4 Å². The van der Waals surface area contributed by atoms with Gasteiger partial charge in [0.2, 0.25) is 5.91 Å². The third kappa shape index (κ3) is 6.66. The topological polar surface area (TPSA) is 67.4 Å². The van der Waals surface area contributed by atoms with E-state index in [-0.39, 0.29) is 12.0 Å². The number of amides is 1. The Labute approximate surface area is 205 Å². The van der Waals surface area contributed by atoms with Crippen LogP contribution in [0.25, 0.3) is 11.3 Å². The predicted octanol–water partition coefficient (Wildman–Crippen LogP) is 4.62. The van der Waals surface area contributed by atoms with Crippen LogP contribution >= 0.6 is 46.3 Å². The fourth-order valence-electron chi connectivity index (χ4n) is 3.32. The molecule has 0 spiro atoms. The Morgan fingerprint density at radius 1 is 1.31 bits per heavy atom. The molecule has 1 amide bonds. The maximum absolute atomic E-state index is 12.3. The molecule has 1 fully saturated rings. The van der Waals surface area contributed by atoms with Crippen LogP contribution in [-0.2, 0) is 16.1 Å². The minimum Gasteiger partial charge on any atom is -0.374 e. The highest BCUT2D eigenvalue weighted by Gasteiger charge is 2.21. The molecule has 1 N–H and O–H groups in total. The van der Waals surface area contributed by atoms with Crippen LogP contribution in [0.2, 0.25) is 10.0 Å². The van der Waals surface area contributed by atoms with Gasteiger partial charge in [-0.05, 0) is 29.8 Å². The van der Waals surface area contributed by atoms with Gasteiger partial charge in [0.15, 0.2) is 4.34 Å². The third-order valence-electron chi connectivity index (χ3n) is 4.91. The van der Waals surface area contributed by atoms with E-state index in [0.717, 1.165) is 40.8 Å². The summed E-state index contributed by atoms with van der Waals surface area (Å²) in [5.74, 6) is 0.290. The fraction of sp³-hybridized carbons (Fsp3) is 0.318. The van der Waals surface area contributed by atoms with Crippen LogP contribution < -0.4 is 5.32 Å². The van der Waals surface area contributed by atoms with Gasteiger partial charge in [0.1, 0.15) is 0 Å². The molecule has 1 atom stereocenters. The van der Waals surface area contributed by atoms with Crippen LogP contribution in [0.1, 0.15) is 5.56 Å². The lowest BCUT2D eigenvalue weighted by atomic mass is 10.2. The van der Waals surface area contributed by atoms with Gasteiger partial charge in [-0.15, -0.1) is 11.3 Å². The second kappa shape index (κ2) is 11.4. The Morgan fingerprint density at radius 3 is 3.03 bits per heavy atom. The maximum atomic E-state index is 12.3. The number of thiazole rings is 1. The van der Waals surface area contributed by atoms with Gasteiger partial charge in [0.25, 0.3) is 0 Å². The smallest absolute Gasteiger partial charge is 0.230 e. The van der Waals surface area contributed by atoms with Crippen molar-refractivity contribution in [3.05, 3.63) is 63.7 Å². The SMILES string of the molecule is O=C(CSc1nc(-c2cccnc2)cs1)NCC1CN(Cc2ccc(Cl)c(Cl)c2)CCO1. The van der Waals surface area contributed by atoms with E-state index in [4.69, 9.17) is 27.9 Å². The van der Waals surface area contributed by atoms with E-state index in [0.29, 0.717) is 28.9 Å². The minimum absolute atomic E-state index is 0.0293. The first-order valence-electron chi connectivity index (χ1n) is 10.1. The molecular weight excluding hydrogens is 487 g/mol. The van der Waals surface area contributed by atoms with Gasteiger partial charge in [-0.25, -0.2) is 4.98 Å². The summed E-state index contributed by atoms with van der Waals surface area (Å²) in [6, 6.07) is 9.55. The molecule has 1 aliphatic heterocycles. The lowest BCUT2D eigenvalue weighted by Crippen LogP contribution is -2.47. The molecule has 0 saturated carbocycles. The number of ether oxygens (including phenoxy) is 1. The summed E-state index contributed by atoms with van der Waals surface area (Å²) in [4.78, 5) is 23.3. The van der Waals surface area contributed by atoms with Crippen molar-refractivity contribution in [3.63, 3.8) is 0 Å².